The molecule has 0 amide bonds. The largest absolute Gasteiger partial charge is 0.493 e. The molecule has 2 rings (SSSR count). The van der Waals surface area contributed by atoms with Crippen LogP contribution in [0.3, 0.4) is 0 Å². The summed E-state index contributed by atoms with van der Waals surface area (Å²) in [5, 5.41) is 0.633. The number of halogens is 1. The number of rotatable bonds is 5. The monoisotopic (exact) mass is 241 g/mol. The minimum absolute atomic E-state index is 0.357. The molecule has 0 aliphatic heterocycles. The van der Waals surface area contributed by atoms with Gasteiger partial charge in [0.15, 0.2) is 11.5 Å². The predicted molar refractivity (Wildman–Crippen MR) is 64.1 cm³/mol. The highest BCUT2D eigenvalue weighted by molar-refractivity contribution is 6.31. The van der Waals surface area contributed by atoms with Gasteiger partial charge in [-0.2, -0.15) is 0 Å². The molecule has 0 aromatic heterocycles. The third kappa shape index (κ3) is 2.42. The molecule has 1 aromatic carbocycles. The van der Waals surface area contributed by atoms with Crippen molar-refractivity contribution in [2.75, 3.05) is 13.7 Å². The molecule has 0 atom stereocenters. The van der Waals surface area contributed by atoms with Crippen molar-refractivity contribution in [3.8, 4) is 11.5 Å². The molecule has 1 aromatic rings. The van der Waals surface area contributed by atoms with Crippen LogP contribution in [0, 0.1) is 5.92 Å². The molecule has 88 valence electrons. The van der Waals surface area contributed by atoms with Gasteiger partial charge in [0.2, 0.25) is 0 Å². The molecule has 4 heteroatoms. The number of benzene rings is 1. The summed E-state index contributed by atoms with van der Waals surface area (Å²) in [5.41, 5.74) is 6.50. The SMILES string of the molecule is COc1ccc(Cl)c(CN)c1OCC1CC1. The molecular formula is C12H16ClNO2. The van der Waals surface area contributed by atoms with Gasteiger partial charge in [0.1, 0.15) is 0 Å². The molecule has 16 heavy (non-hydrogen) atoms. The van der Waals surface area contributed by atoms with Crippen LogP contribution in [0.15, 0.2) is 12.1 Å². The second-order valence-corrected chi connectivity index (χ2v) is 4.42. The van der Waals surface area contributed by atoms with Crippen molar-refractivity contribution < 1.29 is 9.47 Å². The number of methoxy groups -OCH3 is 1. The maximum absolute atomic E-state index is 6.07. The van der Waals surface area contributed by atoms with Crippen LogP contribution >= 0.6 is 11.6 Å². The van der Waals surface area contributed by atoms with Gasteiger partial charge in [0.25, 0.3) is 0 Å². The van der Waals surface area contributed by atoms with Gasteiger partial charge in [-0.15, -0.1) is 0 Å². The highest BCUT2D eigenvalue weighted by atomic mass is 35.5. The molecule has 1 aliphatic rings. The number of ether oxygens (including phenoxy) is 2. The highest BCUT2D eigenvalue weighted by Crippen LogP contribution is 2.37. The van der Waals surface area contributed by atoms with E-state index in [1.165, 1.54) is 12.8 Å². The van der Waals surface area contributed by atoms with Gasteiger partial charge in [-0.1, -0.05) is 11.6 Å². The molecule has 0 unspecified atom stereocenters. The minimum Gasteiger partial charge on any atom is -0.493 e. The lowest BCUT2D eigenvalue weighted by molar-refractivity contribution is 0.277. The van der Waals surface area contributed by atoms with E-state index >= 15 is 0 Å². The van der Waals surface area contributed by atoms with Gasteiger partial charge in [0, 0.05) is 17.1 Å². The first kappa shape index (κ1) is 11.6. The van der Waals surface area contributed by atoms with E-state index in [2.05, 4.69) is 0 Å². The standard InChI is InChI=1S/C12H16ClNO2/c1-15-11-5-4-10(13)9(6-14)12(11)16-7-8-2-3-8/h4-5,8H,2-3,6-7,14H2,1H3. The molecule has 0 radical (unpaired) electrons. The lowest BCUT2D eigenvalue weighted by atomic mass is 10.2. The van der Waals surface area contributed by atoms with Crippen molar-refractivity contribution in [3.63, 3.8) is 0 Å². The summed E-state index contributed by atoms with van der Waals surface area (Å²) in [4.78, 5) is 0. The Hall–Kier alpha value is -0.930. The van der Waals surface area contributed by atoms with Gasteiger partial charge in [-0.25, -0.2) is 0 Å². The van der Waals surface area contributed by atoms with Gasteiger partial charge in [-0.05, 0) is 30.9 Å². The predicted octanol–water partition coefficient (Wildman–Crippen LogP) is 2.60. The molecule has 0 saturated heterocycles. The van der Waals surface area contributed by atoms with E-state index in [1.807, 2.05) is 6.07 Å². The maximum atomic E-state index is 6.07. The van der Waals surface area contributed by atoms with Gasteiger partial charge >= 0.3 is 0 Å². The van der Waals surface area contributed by atoms with E-state index in [9.17, 15) is 0 Å². The van der Waals surface area contributed by atoms with Crippen molar-refractivity contribution in [2.45, 2.75) is 19.4 Å². The Balaban J connectivity index is 2.24. The van der Waals surface area contributed by atoms with Gasteiger partial charge in [-0.3, -0.25) is 0 Å². The molecule has 3 nitrogen and oxygen atoms in total. The Bertz CT molecular complexity index is 378. The summed E-state index contributed by atoms with van der Waals surface area (Å²) in [5.74, 6) is 2.09. The van der Waals surface area contributed by atoms with Crippen molar-refractivity contribution in [3.05, 3.63) is 22.7 Å². The van der Waals surface area contributed by atoms with E-state index < -0.39 is 0 Å². The third-order valence-corrected chi connectivity index (χ3v) is 3.11. The fourth-order valence-electron chi connectivity index (χ4n) is 1.58. The van der Waals surface area contributed by atoms with E-state index in [1.54, 1.807) is 13.2 Å². The van der Waals surface area contributed by atoms with Crippen LogP contribution in [0.25, 0.3) is 0 Å². The lowest BCUT2D eigenvalue weighted by Crippen LogP contribution is -2.07. The topological polar surface area (TPSA) is 44.5 Å². The first-order valence-electron chi connectivity index (χ1n) is 5.44. The number of hydrogen-bond donors (Lipinski definition) is 1. The fourth-order valence-corrected chi connectivity index (χ4v) is 1.80. The number of hydrogen-bond acceptors (Lipinski definition) is 3. The van der Waals surface area contributed by atoms with Crippen LogP contribution in [-0.2, 0) is 6.54 Å². The van der Waals surface area contributed by atoms with Gasteiger partial charge in [0.05, 0.1) is 13.7 Å². The van der Waals surface area contributed by atoms with E-state index in [0.29, 0.717) is 29.0 Å². The summed E-state index contributed by atoms with van der Waals surface area (Å²) < 4.78 is 11.0. The Morgan fingerprint density at radius 3 is 2.75 bits per heavy atom. The van der Waals surface area contributed by atoms with Crippen molar-refractivity contribution in [2.24, 2.45) is 11.7 Å². The van der Waals surface area contributed by atoms with Crippen LogP contribution in [0.1, 0.15) is 18.4 Å². The second-order valence-electron chi connectivity index (χ2n) is 4.02. The molecule has 1 aliphatic carbocycles. The summed E-state index contributed by atoms with van der Waals surface area (Å²) in [6.07, 6.45) is 2.50. The Labute approximate surface area is 100 Å². The van der Waals surface area contributed by atoms with Crippen molar-refractivity contribution in [1.82, 2.24) is 0 Å². The summed E-state index contributed by atoms with van der Waals surface area (Å²) in [6, 6.07) is 3.59. The summed E-state index contributed by atoms with van der Waals surface area (Å²) in [6.45, 7) is 1.08. The Morgan fingerprint density at radius 2 is 2.19 bits per heavy atom. The smallest absolute Gasteiger partial charge is 0.167 e. The van der Waals surface area contributed by atoms with Crippen molar-refractivity contribution in [1.29, 1.82) is 0 Å². The zero-order valence-electron chi connectivity index (χ0n) is 9.33. The van der Waals surface area contributed by atoms with Crippen LogP contribution in [0.4, 0.5) is 0 Å². The first-order valence-corrected chi connectivity index (χ1v) is 5.82. The molecule has 1 fully saturated rings. The van der Waals surface area contributed by atoms with Crippen molar-refractivity contribution >= 4 is 11.6 Å². The molecule has 0 spiro atoms. The minimum atomic E-state index is 0.357. The highest BCUT2D eigenvalue weighted by Gasteiger charge is 2.23. The Morgan fingerprint density at radius 1 is 1.44 bits per heavy atom. The molecule has 2 N–H and O–H groups in total. The second kappa shape index (κ2) is 4.93. The van der Waals surface area contributed by atoms with Crippen LogP contribution < -0.4 is 15.2 Å². The van der Waals surface area contributed by atoms with Crippen LogP contribution in [0.2, 0.25) is 5.02 Å². The van der Waals surface area contributed by atoms with Crippen LogP contribution in [0.5, 0.6) is 11.5 Å². The zero-order chi connectivity index (χ0) is 11.5. The van der Waals surface area contributed by atoms with E-state index in [4.69, 9.17) is 26.8 Å². The van der Waals surface area contributed by atoms with Gasteiger partial charge < -0.3 is 15.2 Å². The van der Waals surface area contributed by atoms with E-state index in [0.717, 1.165) is 12.2 Å². The normalized spacial score (nSPS) is 14.9. The van der Waals surface area contributed by atoms with Crippen LogP contribution in [-0.4, -0.2) is 13.7 Å². The lowest BCUT2D eigenvalue weighted by Gasteiger charge is -2.15. The first-order chi connectivity index (χ1) is 7.76. The maximum Gasteiger partial charge on any atom is 0.167 e. The molecule has 0 bridgehead atoms. The quantitative estimate of drug-likeness (QED) is 0.862. The fraction of sp³-hybridized carbons (Fsp3) is 0.500. The third-order valence-electron chi connectivity index (χ3n) is 2.75. The summed E-state index contributed by atoms with van der Waals surface area (Å²) in [7, 11) is 1.62. The Kier molecular flexibility index (Phi) is 3.56. The van der Waals surface area contributed by atoms with E-state index in [-0.39, 0.29) is 0 Å². The summed E-state index contributed by atoms with van der Waals surface area (Å²) >= 11 is 6.07. The average molecular weight is 242 g/mol. The molecule has 0 heterocycles. The number of nitrogens with two attached hydrogens (primary N) is 1. The molecule has 1 saturated carbocycles. The molecular weight excluding hydrogens is 226 g/mol. The average Bonchev–Trinajstić information content (AvgIpc) is 3.10. The zero-order valence-corrected chi connectivity index (χ0v) is 10.1.